The molecule has 226 valence electrons. The number of rotatable bonds is 9. The Bertz CT molecular complexity index is 1230. The highest BCUT2D eigenvalue weighted by molar-refractivity contribution is 7.84. The Morgan fingerprint density at radius 3 is 2.32 bits per heavy atom. The Kier molecular flexibility index (Phi) is 15.2. The molecule has 0 aliphatic carbocycles. The van der Waals surface area contributed by atoms with Gasteiger partial charge in [-0.05, 0) is 66.8 Å². The van der Waals surface area contributed by atoms with Gasteiger partial charge in [-0.1, -0.05) is 53.5 Å². The summed E-state index contributed by atoms with van der Waals surface area (Å²) in [5.41, 5.74) is 4.51. The van der Waals surface area contributed by atoms with E-state index in [1.54, 1.807) is 45.4 Å². The van der Waals surface area contributed by atoms with Crippen LogP contribution in [-0.2, 0) is 26.4 Å². The molecule has 2 aliphatic rings. The van der Waals surface area contributed by atoms with Gasteiger partial charge in [0.15, 0.2) is 11.5 Å². The van der Waals surface area contributed by atoms with Gasteiger partial charge in [0.05, 0.1) is 24.7 Å². The SMILES string of the molecule is C=C/C=C(\C=C)S(=O)OC(=C1\CN2CCc3cc(OC)c(C(=O)N(C)C)cc3C2CC1=C)/C(=C\C)OC.CC.CC. The van der Waals surface area contributed by atoms with Crippen LogP contribution in [0, 0.1) is 0 Å². The number of carbonyl (C=O) groups is 1. The lowest BCUT2D eigenvalue weighted by Crippen LogP contribution is -2.41. The van der Waals surface area contributed by atoms with Gasteiger partial charge in [-0.3, -0.25) is 9.69 Å². The fourth-order valence-corrected chi connectivity index (χ4v) is 5.48. The van der Waals surface area contributed by atoms with Crippen molar-refractivity contribution < 1.29 is 22.7 Å². The van der Waals surface area contributed by atoms with Crippen molar-refractivity contribution in [2.45, 2.75) is 53.5 Å². The molecule has 2 atom stereocenters. The number of amides is 1. The van der Waals surface area contributed by atoms with Crippen molar-refractivity contribution >= 4 is 17.0 Å². The van der Waals surface area contributed by atoms with E-state index in [1.165, 1.54) is 17.7 Å². The van der Waals surface area contributed by atoms with Gasteiger partial charge in [-0.2, -0.15) is 0 Å². The summed E-state index contributed by atoms with van der Waals surface area (Å²) in [5, 5.41) is 0. The molecule has 41 heavy (non-hydrogen) atoms. The zero-order valence-corrected chi connectivity index (χ0v) is 27.2. The van der Waals surface area contributed by atoms with Crippen LogP contribution in [0.5, 0.6) is 5.75 Å². The Morgan fingerprint density at radius 2 is 1.80 bits per heavy atom. The molecule has 1 aromatic carbocycles. The first-order chi connectivity index (χ1) is 19.7. The Morgan fingerprint density at radius 1 is 1.15 bits per heavy atom. The van der Waals surface area contributed by atoms with E-state index in [0.29, 0.717) is 40.7 Å². The summed E-state index contributed by atoms with van der Waals surface area (Å²) in [4.78, 5) is 17.2. The maximum absolute atomic E-state index is 13.0. The number of hydrogen-bond donors (Lipinski definition) is 0. The molecule has 1 aromatic rings. The molecule has 2 unspecified atom stereocenters. The number of allylic oxidation sites excluding steroid dienone is 4. The summed E-state index contributed by atoms with van der Waals surface area (Å²) in [5.74, 6) is 1.36. The van der Waals surface area contributed by atoms with Crippen LogP contribution in [0.1, 0.15) is 68.6 Å². The highest BCUT2D eigenvalue weighted by Gasteiger charge is 2.36. The minimum Gasteiger partial charge on any atom is -0.496 e. The van der Waals surface area contributed by atoms with Crippen molar-refractivity contribution in [2.75, 3.05) is 41.4 Å². The van der Waals surface area contributed by atoms with Crippen molar-refractivity contribution in [2.24, 2.45) is 0 Å². The zero-order chi connectivity index (χ0) is 31.3. The second kappa shape index (κ2) is 17.5. The second-order valence-corrected chi connectivity index (χ2v) is 10.1. The maximum Gasteiger partial charge on any atom is 0.257 e. The highest BCUT2D eigenvalue weighted by atomic mass is 32.2. The summed E-state index contributed by atoms with van der Waals surface area (Å²) in [6.45, 7) is 22.9. The van der Waals surface area contributed by atoms with Crippen LogP contribution in [0.15, 0.2) is 83.7 Å². The number of hydrogen-bond acceptors (Lipinski definition) is 6. The molecule has 1 saturated heterocycles. The van der Waals surface area contributed by atoms with Gasteiger partial charge in [-0.25, -0.2) is 4.21 Å². The Labute approximate surface area is 250 Å². The highest BCUT2D eigenvalue weighted by Crippen LogP contribution is 2.43. The van der Waals surface area contributed by atoms with E-state index in [2.05, 4.69) is 24.6 Å². The molecule has 0 spiro atoms. The molecular formula is C33H48N2O5S. The predicted molar refractivity (Wildman–Crippen MR) is 171 cm³/mol. The monoisotopic (exact) mass is 584 g/mol. The number of piperidine rings is 1. The Hall–Kier alpha value is -3.36. The third-order valence-corrected chi connectivity index (χ3v) is 7.61. The van der Waals surface area contributed by atoms with Crippen molar-refractivity contribution in [1.82, 2.24) is 9.80 Å². The number of carbonyl (C=O) groups excluding carboxylic acids is 1. The molecule has 3 rings (SSSR count). The lowest BCUT2D eigenvalue weighted by atomic mass is 9.82. The van der Waals surface area contributed by atoms with E-state index in [-0.39, 0.29) is 11.9 Å². The van der Waals surface area contributed by atoms with Crippen molar-refractivity contribution in [3.63, 3.8) is 0 Å². The normalized spacial score (nSPS) is 18.6. The van der Waals surface area contributed by atoms with E-state index < -0.39 is 11.1 Å². The van der Waals surface area contributed by atoms with Crippen molar-refractivity contribution in [1.29, 1.82) is 0 Å². The summed E-state index contributed by atoms with van der Waals surface area (Å²) in [7, 11) is 6.60. The van der Waals surface area contributed by atoms with Crippen LogP contribution in [0.25, 0.3) is 0 Å². The topological polar surface area (TPSA) is 68.3 Å². The molecule has 0 saturated carbocycles. The van der Waals surface area contributed by atoms with Gasteiger partial charge in [0.2, 0.25) is 11.1 Å². The number of methoxy groups -OCH3 is 2. The lowest BCUT2D eigenvalue weighted by Gasteiger charge is -2.43. The van der Waals surface area contributed by atoms with Gasteiger partial charge in [0.1, 0.15) is 5.75 Å². The van der Waals surface area contributed by atoms with Gasteiger partial charge in [0.25, 0.3) is 5.91 Å². The van der Waals surface area contributed by atoms with Crippen LogP contribution < -0.4 is 4.74 Å². The fourth-order valence-electron chi connectivity index (χ4n) is 4.70. The molecule has 1 fully saturated rings. The van der Waals surface area contributed by atoms with Gasteiger partial charge < -0.3 is 18.6 Å². The van der Waals surface area contributed by atoms with E-state index in [4.69, 9.17) is 13.7 Å². The van der Waals surface area contributed by atoms with Crippen molar-refractivity contribution in [3.05, 3.63) is 100 Å². The molecule has 0 aromatic heterocycles. The first-order valence-electron chi connectivity index (χ1n) is 14.0. The second-order valence-electron chi connectivity index (χ2n) is 8.99. The molecule has 8 heteroatoms. The van der Waals surface area contributed by atoms with Crippen LogP contribution >= 0.6 is 0 Å². The number of fused-ring (bicyclic) bond motifs is 3. The van der Waals surface area contributed by atoms with Gasteiger partial charge in [-0.15, -0.1) is 0 Å². The first kappa shape index (κ1) is 35.7. The smallest absolute Gasteiger partial charge is 0.257 e. The van der Waals surface area contributed by atoms with Crippen LogP contribution in [-0.4, -0.2) is 61.3 Å². The fraction of sp³-hybridized carbons (Fsp3) is 0.424. The number of ether oxygens (including phenoxy) is 2. The lowest BCUT2D eigenvalue weighted by molar-refractivity contribution is 0.0823. The Balaban J connectivity index is 0.00000201. The van der Waals surface area contributed by atoms with E-state index in [0.717, 1.165) is 29.7 Å². The molecule has 1 amide bonds. The summed E-state index contributed by atoms with van der Waals surface area (Å²) in [6.07, 6.45) is 7.83. The molecule has 2 aliphatic heterocycles. The average molecular weight is 585 g/mol. The van der Waals surface area contributed by atoms with Crippen LogP contribution in [0.2, 0.25) is 0 Å². The minimum atomic E-state index is -1.81. The number of nitrogens with zero attached hydrogens (tertiary/aromatic N) is 2. The summed E-state index contributed by atoms with van der Waals surface area (Å²) < 4.78 is 30.1. The molecule has 2 heterocycles. The predicted octanol–water partition coefficient (Wildman–Crippen LogP) is 7.05. The first-order valence-corrected chi connectivity index (χ1v) is 15.1. The maximum atomic E-state index is 13.0. The van der Waals surface area contributed by atoms with E-state index in [9.17, 15) is 9.00 Å². The zero-order valence-electron chi connectivity index (χ0n) is 26.3. The van der Waals surface area contributed by atoms with Gasteiger partial charge >= 0.3 is 0 Å². The quantitative estimate of drug-likeness (QED) is 0.229. The molecule has 0 N–H and O–H groups in total. The average Bonchev–Trinajstić information content (AvgIpc) is 3.00. The van der Waals surface area contributed by atoms with Crippen LogP contribution in [0.3, 0.4) is 0 Å². The number of benzene rings is 1. The van der Waals surface area contributed by atoms with Gasteiger partial charge in [0, 0.05) is 38.8 Å². The van der Waals surface area contributed by atoms with Crippen molar-refractivity contribution in [3.8, 4) is 5.75 Å². The summed E-state index contributed by atoms with van der Waals surface area (Å²) >= 11 is -1.81. The molecule has 7 nitrogen and oxygen atoms in total. The molecular weight excluding hydrogens is 536 g/mol. The van der Waals surface area contributed by atoms with E-state index >= 15 is 0 Å². The summed E-state index contributed by atoms with van der Waals surface area (Å²) in [6, 6.07) is 4.00. The third-order valence-electron chi connectivity index (χ3n) is 6.61. The molecule has 0 bridgehead atoms. The third kappa shape index (κ3) is 8.33. The van der Waals surface area contributed by atoms with Crippen LogP contribution in [0.4, 0.5) is 0 Å². The standard InChI is InChI=1S/C29H36N2O5S.2C2H6/c1-9-12-21(10-2)37(33)36-28(26(11-3)34-7)24-18-31-14-13-20-16-27(35-8)23(29(32)30(5)6)17-22(20)25(31)15-19(24)4;2*1-2/h9-12,16-17,25H,1-2,4,13-15,18H2,3,5-8H3;2*1-2H3/b21-12+,26-11+,28-24+;;. The molecule has 0 radical (unpaired) electrons. The minimum absolute atomic E-state index is 0.0485. The van der Waals surface area contributed by atoms with E-state index in [1.807, 2.05) is 46.8 Å². The largest absolute Gasteiger partial charge is 0.496 e.